The maximum Gasteiger partial charge on any atom is 0.178 e. The Morgan fingerprint density at radius 3 is 1.43 bits per heavy atom. The van der Waals surface area contributed by atoms with Crippen molar-refractivity contribution in [2.24, 2.45) is 0 Å². The van der Waals surface area contributed by atoms with Crippen LogP contribution >= 0.6 is 7.14 Å². The summed E-state index contributed by atoms with van der Waals surface area (Å²) in [6.07, 6.45) is 0. The van der Waals surface area contributed by atoms with Gasteiger partial charge in [0.15, 0.2) is 30.1 Å². The monoisotopic (exact) mass is 398 g/mol. The first-order valence-corrected chi connectivity index (χ1v) is 10.4. The lowest BCUT2D eigenvalue weighted by molar-refractivity contribution is 0.356. The molecule has 0 aliphatic carbocycles. The first-order valence-electron chi connectivity index (χ1n) is 8.70. The Morgan fingerprint density at radius 2 is 1.04 bits per heavy atom. The topological polar surface area (TPSA) is 54.0 Å². The van der Waals surface area contributed by atoms with Crippen molar-refractivity contribution in [2.75, 3.05) is 28.4 Å². The van der Waals surface area contributed by atoms with Gasteiger partial charge in [0, 0.05) is 5.30 Å². The van der Waals surface area contributed by atoms with E-state index in [1.165, 1.54) is 0 Å². The number of methoxy groups -OCH3 is 4. The highest BCUT2D eigenvalue weighted by Gasteiger charge is 2.37. The summed E-state index contributed by atoms with van der Waals surface area (Å²) in [6, 6.07) is 20.1. The fourth-order valence-electron chi connectivity index (χ4n) is 3.28. The molecule has 0 radical (unpaired) electrons. The Hall–Kier alpha value is -2.91. The van der Waals surface area contributed by atoms with Crippen LogP contribution in [0.5, 0.6) is 23.0 Å². The minimum Gasteiger partial charge on any atom is -0.493 e. The van der Waals surface area contributed by atoms with E-state index in [0.717, 1.165) is 0 Å². The molecular weight excluding hydrogens is 375 g/mol. The van der Waals surface area contributed by atoms with Crippen molar-refractivity contribution in [3.8, 4) is 23.0 Å². The van der Waals surface area contributed by atoms with E-state index in [0.29, 0.717) is 38.9 Å². The van der Waals surface area contributed by atoms with Crippen molar-refractivity contribution < 1.29 is 23.5 Å². The third-order valence-electron chi connectivity index (χ3n) is 4.56. The Kier molecular flexibility index (Phi) is 5.96. The highest BCUT2D eigenvalue weighted by Crippen LogP contribution is 2.50. The molecule has 5 nitrogen and oxygen atoms in total. The molecule has 6 heteroatoms. The third-order valence-corrected chi connectivity index (χ3v) is 7.65. The summed E-state index contributed by atoms with van der Waals surface area (Å²) in [5.41, 5.74) is 0. The minimum absolute atomic E-state index is 0.432. The lowest BCUT2D eigenvalue weighted by Crippen LogP contribution is -2.27. The molecule has 0 atom stereocenters. The van der Waals surface area contributed by atoms with Crippen LogP contribution in [0.15, 0.2) is 66.7 Å². The summed E-state index contributed by atoms with van der Waals surface area (Å²) in [4.78, 5) is 0. The van der Waals surface area contributed by atoms with Gasteiger partial charge in [0.05, 0.1) is 39.0 Å². The molecule has 0 fully saturated rings. The van der Waals surface area contributed by atoms with E-state index in [2.05, 4.69) is 0 Å². The number of ether oxygens (including phenoxy) is 4. The van der Waals surface area contributed by atoms with Gasteiger partial charge >= 0.3 is 0 Å². The molecule has 0 spiro atoms. The second kappa shape index (κ2) is 8.41. The van der Waals surface area contributed by atoms with Crippen molar-refractivity contribution in [2.45, 2.75) is 0 Å². The van der Waals surface area contributed by atoms with Crippen molar-refractivity contribution in [1.29, 1.82) is 0 Å². The highest BCUT2D eigenvalue weighted by molar-refractivity contribution is 7.85. The summed E-state index contributed by atoms with van der Waals surface area (Å²) in [5.74, 6) is 1.89. The second-order valence-corrected chi connectivity index (χ2v) is 8.67. The lowest BCUT2D eigenvalue weighted by Gasteiger charge is -2.25. The number of hydrogen-bond donors (Lipinski definition) is 0. The van der Waals surface area contributed by atoms with Crippen molar-refractivity contribution in [3.05, 3.63) is 66.7 Å². The minimum atomic E-state index is -3.37. The van der Waals surface area contributed by atoms with Gasteiger partial charge in [0.2, 0.25) is 0 Å². The van der Waals surface area contributed by atoms with Crippen LogP contribution in [0.3, 0.4) is 0 Å². The van der Waals surface area contributed by atoms with Crippen molar-refractivity contribution in [1.82, 2.24) is 0 Å². The smallest absolute Gasteiger partial charge is 0.178 e. The molecular formula is C22H23O5P. The molecule has 3 aromatic rings. The van der Waals surface area contributed by atoms with Crippen molar-refractivity contribution in [3.63, 3.8) is 0 Å². The average Bonchev–Trinajstić information content (AvgIpc) is 2.77. The molecule has 0 aliphatic rings. The van der Waals surface area contributed by atoms with Gasteiger partial charge in [-0.15, -0.1) is 0 Å². The molecule has 0 bridgehead atoms. The van der Waals surface area contributed by atoms with Gasteiger partial charge in [-0.3, -0.25) is 0 Å². The molecule has 3 aromatic carbocycles. The van der Waals surface area contributed by atoms with Gasteiger partial charge < -0.3 is 23.5 Å². The standard InChI is InChI=1S/C22H23O5P/c1-24-17-12-8-14-19(21(17)26-3)28(23,16-10-6-5-7-11-16)20-15-9-13-18(25-2)22(20)27-4/h5-15H,1-4H3. The zero-order valence-electron chi connectivity index (χ0n) is 16.3. The summed E-state index contributed by atoms with van der Waals surface area (Å²) in [7, 11) is 2.82. The van der Waals surface area contributed by atoms with Gasteiger partial charge in [-0.25, -0.2) is 0 Å². The van der Waals surface area contributed by atoms with Crippen LogP contribution in [0, 0.1) is 0 Å². The zero-order chi connectivity index (χ0) is 20.1. The van der Waals surface area contributed by atoms with Gasteiger partial charge in [-0.2, -0.15) is 0 Å². The van der Waals surface area contributed by atoms with Crippen LogP contribution in [0.25, 0.3) is 0 Å². The summed E-state index contributed by atoms with van der Waals surface area (Å²) >= 11 is 0. The molecule has 0 amide bonds. The summed E-state index contributed by atoms with van der Waals surface area (Å²) < 4.78 is 37.0. The normalized spacial score (nSPS) is 11.0. The third kappa shape index (κ3) is 3.23. The number of rotatable bonds is 7. The van der Waals surface area contributed by atoms with E-state index in [1.807, 2.05) is 30.3 Å². The van der Waals surface area contributed by atoms with Crippen LogP contribution in [0.1, 0.15) is 0 Å². The molecule has 3 rings (SSSR count). The highest BCUT2D eigenvalue weighted by atomic mass is 31.2. The predicted molar refractivity (Wildman–Crippen MR) is 112 cm³/mol. The fourth-order valence-corrected chi connectivity index (χ4v) is 6.26. The molecule has 0 unspecified atom stereocenters. The maximum atomic E-state index is 14.8. The Bertz CT molecular complexity index is 942. The average molecular weight is 398 g/mol. The molecule has 0 N–H and O–H groups in total. The molecule has 0 aromatic heterocycles. The van der Waals surface area contributed by atoms with E-state index in [9.17, 15) is 4.57 Å². The van der Waals surface area contributed by atoms with Crippen LogP contribution in [0.4, 0.5) is 0 Å². The van der Waals surface area contributed by atoms with E-state index >= 15 is 0 Å². The molecule has 0 saturated heterocycles. The van der Waals surface area contributed by atoms with Crippen LogP contribution < -0.4 is 34.9 Å². The number of hydrogen-bond acceptors (Lipinski definition) is 5. The summed E-state index contributed by atoms with van der Waals surface area (Å²) in [5, 5.41) is 1.73. The van der Waals surface area contributed by atoms with E-state index < -0.39 is 7.14 Å². The lowest BCUT2D eigenvalue weighted by atomic mass is 10.3. The van der Waals surface area contributed by atoms with Gasteiger partial charge in [0.25, 0.3) is 0 Å². The quantitative estimate of drug-likeness (QED) is 0.572. The number of benzene rings is 3. The van der Waals surface area contributed by atoms with Crippen LogP contribution in [-0.4, -0.2) is 28.4 Å². The first kappa shape index (κ1) is 19.8. The molecule has 0 heterocycles. The van der Waals surface area contributed by atoms with Crippen LogP contribution in [-0.2, 0) is 4.57 Å². The van der Waals surface area contributed by atoms with Gasteiger partial charge in [-0.05, 0) is 24.3 Å². The zero-order valence-corrected chi connectivity index (χ0v) is 17.2. The van der Waals surface area contributed by atoms with Gasteiger partial charge in [-0.1, -0.05) is 42.5 Å². The Balaban J connectivity index is 2.43. The largest absolute Gasteiger partial charge is 0.493 e. The van der Waals surface area contributed by atoms with Crippen LogP contribution in [0.2, 0.25) is 0 Å². The number of para-hydroxylation sites is 2. The van der Waals surface area contributed by atoms with Gasteiger partial charge in [0.1, 0.15) is 0 Å². The first-order chi connectivity index (χ1) is 13.6. The van der Waals surface area contributed by atoms with E-state index in [-0.39, 0.29) is 0 Å². The van der Waals surface area contributed by atoms with Crippen molar-refractivity contribution >= 4 is 23.1 Å². The molecule has 28 heavy (non-hydrogen) atoms. The SMILES string of the molecule is COc1cccc(P(=O)(c2ccccc2)c2cccc(OC)c2OC)c1OC. The van der Waals surface area contributed by atoms with E-state index in [4.69, 9.17) is 18.9 Å². The molecule has 0 aliphatic heterocycles. The van der Waals surface area contributed by atoms with E-state index in [1.54, 1.807) is 64.8 Å². The Morgan fingerprint density at radius 1 is 0.571 bits per heavy atom. The maximum absolute atomic E-state index is 14.8. The Labute approximate surface area is 165 Å². The summed E-state index contributed by atoms with van der Waals surface area (Å²) in [6.45, 7) is 0. The second-order valence-electron chi connectivity index (χ2n) is 5.97. The predicted octanol–water partition coefficient (Wildman–Crippen LogP) is 3.36. The molecule has 146 valence electrons. The molecule has 0 saturated carbocycles. The fraction of sp³-hybridized carbons (Fsp3) is 0.182.